The maximum absolute atomic E-state index is 13.3. The molecule has 1 atom stereocenters. The highest BCUT2D eigenvalue weighted by molar-refractivity contribution is 7.99. The van der Waals surface area contributed by atoms with E-state index >= 15 is 0 Å². The molecule has 1 aliphatic heterocycles. The van der Waals surface area contributed by atoms with Gasteiger partial charge in [-0.25, -0.2) is 4.79 Å². The molecule has 7 nitrogen and oxygen atoms in total. The molecule has 1 N–H and O–H groups in total. The molecule has 1 heterocycles. The lowest BCUT2D eigenvalue weighted by Crippen LogP contribution is -2.38. The molecule has 32 heavy (non-hydrogen) atoms. The van der Waals surface area contributed by atoms with Crippen molar-refractivity contribution in [1.82, 2.24) is 5.32 Å². The predicted molar refractivity (Wildman–Crippen MR) is 126 cm³/mol. The van der Waals surface area contributed by atoms with Crippen molar-refractivity contribution in [2.75, 3.05) is 18.1 Å². The number of rotatable bonds is 7. The van der Waals surface area contributed by atoms with Crippen LogP contribution < -0.4 is 5.32 Å². The number of ether oxygens (including phenoxy) is 1. The lowest BCUT2D eigenvalue weighted by molar-refractivity contribution is -0.384. The van der Waals surface area contributed by atoms with Crippen LogP contribution in [-0.4, -0.2) is 34.8 Å². The molecule has 172 valence electrons. The first-order valence-electron chi connectivity index (χ1n) is 10.5. The molecule has 0 fully saturated rings. The number of nitrogens with zero attached hydrogens (tertiary/aromatic N) is 1. The van der Waals surface area contributed by atoms with Crippen LogP contribution in [-0.2, 0) is 14.3 Å². The Labute approximate surface area is 196 Å². The highest BCUT2D eigenvalue weighted by Crippen LogP contribution is 2.47. The fraction of sp³-hybridized carbons (Fsp3) is 0.478. The summed E-state index contributed by atoms with van der Waals surface area (Å²) in [7, 11) is 0. The van der Waals surface area contributed by atoms with Crippen molar-refractivity contribution in [2.24, 2.45) is 5.41 Å². The molecule has 0 radical (unpaired) electrons. The highest BCUT2D eigenvalue weighted by atomic mass is 35.5. The number of dihydropyridines is 1. The minimum atomic E-state index is -0.753. The van der Waals surface area contributed by atoms with E-state index < -0.39 is 16.8 Å². The number of nitro benzene ring substituents is 1. The minimum Gasteiger partial charge on any atom is -0.461 e. The van der Waals surface area contributed by atoms with Crippen LogP contribution in [0.4, 0.5) is 5.69 Å². The van der Waals surface area contributed by atoms with Gasteiger partial charge in [-0.05, 0) is 36.1 Å². The molecule has 0 saturated carbocycles. The number of carbonyl (C=O) groups is 2. The average Bonchev–Trinajstić information content (AvgIpc) is 2.69. The molecule has 1 unspecified atom stereocenters. The van der Waals surface area contributed by atoms with Crippen molar-refractivity contribution in [3.05, 3.63) is 61.4 Å². The number of ketones is 1. The normalized spacial score (nSPS) is 20.0. The first kappa shape index (κ1) is 24.3. The van der Waals surface area contributed by atoms with Crippen molar-refractivity contribution in [2.45, 2.75) is 46.5 Å². The van der Waals surface area contributed by atoms with Gasteiger partial charge >= 0.3 is 5.97 Å². The molecule has 0 saturated heterocycles. The van der Waals surface area contributed by atoms with Crippen molar-refractivity contribution in [1.29, 1.82) is 0 Å². The van der Waals surface area contributed by atoms with Crippen molar-refractivity contribution in [3.8, 4) is 0 Å². The van der Waals surface area contributed by atoms with Crippen LogP contribution in [0.15, 0.2) is 40.7 Å². The van der Waals surface area contributed by atoms with Crippen LogP contribution in [0.5, 0.6) is 0 Å². The van der Waals surface area contributed by atoms with E-state index in [1.165, 1.54) is 12.1 Å². The Balaban J connectivity index is 2.11. The van der Waals surface area contributed by atoms with E-state index in [-0.39, 0.29) is 28.5 Å². The van der Waals surface area contributed by atoms with Crippen LogP contribution in [0, 0.1) is 15.5 Å². The van der Waals surface area contributed by atoms with Crippen LogP contribution in [0.25, 0.3) is 0 Å². The molecular weight excluding hydrogens is 452 g/mol. The van der Waals surface area contributed by atoms with Gasteiger partial charge in [0.25, 0.3) is 5.69 Å². The van der Waals surface area contributed by atoms with Crippen LogP contribution in [0.1, 0.15) is 52.0 Å². The second-order valence-corrected chi connectivity index (χ2v) is 10.5. The summed E-state index contributed by atoms with van der Waals surface area (Å²) in [5, 5.41) is 14.8. The number of carbonyl (C=O) groups excluding carboxylic acids is 2. The number of hydrogen-bond donors (Lipinski definition) is 1. The molecule has 0 amide bonds. The Morgan fingerprint density at radius 2 is 2.09 bits per heavy atom. The summed E-state index contributed by atoms with van der Waals surface area (Å²) in [5.74, 6) is 0.222. The van der Waals surface area contributed by atoms with E-state index in [1.807, 2.05) is 20.8 Å². The summed E-state index contributed by atoms with van der Waals surface area (Å²) >= 11 is 7.68. The highest BCUT2D eigenvalue weighted by Gasteiger charge is 2.43. The van der Waals surface area contributed by atoms with Crippen LogP contribution >= 0.6 is 23.4 Å². The Kier molecular flexibility index (Phi) is 7.35. The molecule has 1 aromatic rings. The third-order valence-electron chi connectivity index (χ3n) is 5.62. The molecule has 1 aliphatic carbocycles. The second-order valence-electron chi connectivity index (χ2n) is 8.73. The van der Waals surface area contributed by atoms with Gasteiger partial charge < -0.3 is 10.1 Å². The Bertz CT molecular complexity index is 1030. The van der Waals surface area contributed by atoms with E-state index in [0.29, 0.717) is 41.0 Å². The zero-order valence-corrected chi connectivity index (χ0v) is 20.2. The first-order valence-corrected chi connectivity index (χ1v) is 12.0. The van der Waals surface area contributed by atoms with Gasteiger partial charge in [-0.1, -0.05) is 38.4 Å². The Hall–Kier alpha value is -2.32. The number of thioether (sulfide) groups is 1. The lowest BCUT2D eigenvalue weighted by Gasteiger charge is -2.39. The van der Waals surface area contributed by atoms with E-state index in [9.17, 15) is 19.7 Å². The largest absolute Gasteiger partial charge is 0.461 e. The summed E-state index contributed by atoms with van der Waals surface area (Å²) < 4.78 is 5.51. The molecule has 2 aliphatic rings. The SMILES string of the molecule is CCSCCOC(=O)C1=C(C)NC2=C(C(=O)CC(C)(C)C2)C1c1ccc(Cl)c([N+](=O)[O-])c1. The number of nitrogens with one attached hydrogen (secondary N) is 1. The van der Waals surface area contributed by atoms with Crippen molar-refractivity contribution >= 4 is 40.8 Å². The predicted octanol–water partition coefficient (Wildman–Crippen LogP) is 5.15. The van der Waals surface area contributed by atoms with E-state index in [4.69, 9.17) is 16.3 Å². The standard InChI is InChI=1S/C23H27ClN2O5S/c1-5-32-9-8-31-22(28)19-13(2)25-16-11-23(3,4)12-18(27)21(16)20(19)14-6-7-15(24)17(10-14)26(29)30/h6-7,10,20,25H,5,8-9,11-12H2,1-4H3. The number of Topliss-reactive ketones (excluding diaryl/α,β-unsaturated/α-hetero) is 1. The summed E-state index contributed by atoms with van der Waals surface area (Å²) in [5.41, 5.74) is 2.09. The Morgan fingerprint density at radius 3 is 2.75 bits per heavy atom. The number of allylic oxidation sites excluding steroid dienone is 3. The fourth-order valence-corrected chi connectivity index (χ4v) is 4.98. The van der Waals surface area contributed by atoms with Gasteiger partial charge in [0.15, 0.2) is 5.78 Å². The number of halogens is 1. The first-order chi connectivity index (χ1) is 15.1. The topological polar surface area (TPSA) is 98.5 Å². The molecule has 9 heteroatoms. The minimum absolute atomic E-state index is 0.000546. The fourth-order valence-electron chi connectivity index (χ4n) is 4.30. The van der Waals surface area contributed by atoms with Gasteiger partial charge in [0, 0.05) is 41.1 Å². The van der Waals surface area contributed by atoms with Crippen molar-refractivity contribution in [3.63, 3.8) is 0 Å². The quantitative estimate of drug-likeness (QED) is 0.250. The smallest absolute Gasteiger partial charge is 0.336 e. The molecule has 0 bridgehead atoms. The van der Waals surface area contributed by atoms with Gasteiger partial charge in [-0.15, -0.1) is 0 Å². The van der Waals surface area contributed by atoms with E-state index in [1.54, 1.807) is 24.8 Å². The third kappa shape index (κ3) is 5.02. The number of esters is 1. The van der Waals surface area contributed by atoms with Gasteiger partial charge in [-0.2, -0.15) is 11.8 Å². The van der Waals surface area contributed by atoms with E-state index in [2.05, 4.69) is 5.32 Å². The van der Waals surface area contributed by atoms with Crippen LogP contribution in [0.2, 0.25) is 5.02 Å². The summed E-state index contributed by atoms with van der Waals surface area (Å²) in [4.78, 5) is 37.3. The average molecular weight is 479 g/mol. The summed E-state index contributed by atoms with van der Waals surface area (Å²) in [6.07, 6.45) is 0.960. The molecule has 1 aromatic carbocycles. The van der Waals surface area contributed by atoms with Gasteiger partial charge in [-0.3, -0.25) is 14.9 Å². The Morgan fingerprint density at radius 1 is 1.38 bits per heavy atom. The van der Waals surface area contributed by atoms with Gasteiger partial charge in [0.2, 0.25) is 0 Å². The zero-order chi connectivity index (χ0) is 23.6. The van der Waals surface area contributed by atoms with Crippen molar-refractivity contribution < 1.29 is 19.2 Å². The second kappa shape index (κ2) is 9.67. The van der Waals surface area contributed by atoms with Crippen LogP contribution in [0.3, 0.4) is 0 Å². The maximum Gasteiger partial charge on any atom is 0.336 e. The number of benzene rings is 1. The summed E-state index contributed by atoms with van der Waals surface area (Å²) in [6.45, 7) is 8.08. The third-order valence-corrected chi connectivity index (χ3v) is 6.81. The monoisotopic (exact) mass is 478 g/mol. The maximum atomic E-state index is 13.3. The van der Waals surface area contributed by atoms with Gasteiger partial charge in [0.05, 0.1) is 10.5 Å². The molecule has 0 spiro atoms. The zero-order valence-electron chi connectivity index (χ0n) is 18.6. The van der Waals surface area contributed by atoms with E-state index in [0.717, 1.165) is 11.4 Å². The van der Waals surface area contributed by atoms with Gasteiger partial charge in [0.1, 0.15) is 11.6 Å². The number of hydrogen-bond acceptors (Lipinski definition) is 7. The molecule has 0 aromatic heterocycles. The number of nitro groups is 1. The summed E-state index contributed by atoms with van der Waals surface area (Å²) in [6, 6.07) is 4.42. The molecular formula is C23H27ClN2O5S. The lowest BCUT2D eigenvalue weighted by atomic mass is 9.68. The molecule has 3 rings (SSSR count).